The fourth-order valence-electron chi connectivity index (χ4n) is 1.10. The number of carbonyl (C=O) groups excluding carboxylic acids is 1. The lowest BCUT2D eigenvalue weighted by Crippen LogP contribution is -2.49. The predicted octanol–water partition coefficient (Wildman–Crippen LogP) is 1.83. The molecule has 0 spiro atoms. The number of hydrogen-bond acceptors (Lipinski definition) is 2. The lowest BCUT2D eigenvalue weighted by atomic mass is 10.1. The van der Waals surface area contributed by atoms with Crippen LogP contribution in [-0.2, 0) is 9.53 Å². The summed E-state index contributed by atoms with van der Waals surface area (Å²) in [6.45, 7) is 11.7. The first-order valence-corrected chi connectivity index (χ1v) is 4.84. The van der Waals surface area contributed by atoms with Crippen molar-refractivity contribution < 1.29 is 9.53 Å². The average molecular weight is 199 g/mol. The molecule has 0 heterocycles. The third kappa shape index (κ3) is 3.14. The molecular formula is C11H21NO2. The second-order valence-electron chi connectivity index (χ2n) is 4.05. The van der Waals surface area contributed by atoms with Gasteiger partial charge in [0.05, 0.1) is 0 Å². The molecule has 82 valence electrons. The van der Waals surface area contributed by atoms with E-state index in [9.17, 15) is 4.79 Å². The molecule has 0 atom stereocenters. The molecule has 0 fully saturated rings. The molecule has 3 nitrogen and oxygen atoms in total. The zero-order valence-electron chi connectivity index (χ0n) is 9.83. The topological polar surface area (TPSA) is 29.5 Å². The summed E-state index contributed by atoms with van der Waals surface area (Å²) in [6.07, 6.45) is 1.73. The Kier molecular flexibility index (Phi) is 4.85. The van der Waals surface area contributed by atoms with Crippen molar-refractivity contribution in [2.45, 2.75) is 39.3 Å². The van der Waals surface area contributed by atoms with Gasteiger partial charge >= 0.3 is 0 Å². The molecule has 0 aromatic rings. The van der Waals surface area contributed by atoms with E-state index in [4.69, 9.17) is 4.74 Å². The second-order valence-corrected chi connectivity index (χ2v) is 4.05. The molecular weight excluding hydrogens is 178 g/mol. The number of rotatable bonds is 5. The minimum atomic E-state index is -0.757. The van der Waals surface area contributed by atoms with Gasteiger partial charge in [0.2, 0.25) is 0 Å². The Bertz CT molecular complexity index is 209. The van der Waals surface area contributed by atoms with Crippen LogP contribution in [0, 0.1) is 0 Å². The first-order chi connectivity index (χ1) is 6.36. The number of nitrogens with zero attached hydrogens (tertiary/aromatic N) is 1. The molecule has 14 heavy (non-hydrogen) atoms. The van der Waals surface area contributed by atoms with E-state index in [1.165, 1.54) is 0 Å². The lowest BCUT2D eigenvalue weighted by Gasteiger charge is -2.33. The highest BCUT2D eigenvalue weighted by molar-refractivity contribution is 5.84. The number of ether oxygens (including phenoxy) is 1. The van der Waals surface area contributed by atoms with Gasteiger partial charge in [-0.3, -0.25) is 4.79 Å². The predicted molar refractivity (Wildman–Crippen MR) is 58.1 cm³/mol. The van der Waals surface area contributed by atoms with Crippen molar-refractivity contribution in [3.05, 3.63) is 12.7 Å². The van der Waals surface area contributed by atoms with Gasteiger partial charge in [-0.05, 0) is 27.7 Å². The van der Waals surface area contributed by atoms with Crippen LogP contribution < -0.4 is 0 Å². The van der Waals surface area contributed by atoms with E-state index < -0.39 is 5.60 Å². The molecule has 0 aliphatic rings. The molecule has 0 aliphatic carbocycles. The quantitative estimate of drug-likeness (QED) is 0.632. The molecule has 0 saturated carbocycles. The van der Waals surface area contributed by atoms with Gasteiger partial charge in [0.1, 0.15) is 5.60 Å². The Balaban J connectivity index is 4.67. The monoisotopic (exact) mass is 199 g/mol. The summed E-state index contributed by atoms with van der Waals surface area (Å²) in [4.78, 5) is 13.7. The molecule has 0 radical (unpaired) electrons. The third-order valence-corrected chi connectivity index (χ3v) is 2.24. The van der Waals surface area contributed by atoms with Crippen molar-refractivity contribution in [1.29, 1.82) is 0 Å². The van der Waals surface area contributed by atoms with Crippen LogP contribution in [-0.4, -0.2) is 36.1 Å². The van der Waals surface area contributed by atoms with Crippen LogP contribution >= 0.6 is 0 Å². The Morgan fingerprint density at radius 3 is 2.36 bits per heavy atom. The van der Waals surface area contributed by atoms with Gasteiger partial charge in [-0.2, -0.15) is 0 Å². The fraction of sp³-hybridized carbons (Fsp3) is 0.727. The smallest absolute Gasteiger partial charge is 0.254 e. The molecule has 3 heteroatoms. The van der Waals surface area contributed by atoms with Crippen molar-refractivity contribution >= 4 is 5.91 Å². The summed E-state index contributed by atoms with van der Waals surface area (Å²) in [5, 5.41) is 0. The van der Waals surface area contributed by atoms with E-state index in [-0.39, 0.29) is 11.9 Å². The Labute approximate surface area is 86.7 Å². The second kappa shape index (κ2) is 5.15. The fourth-order valence-corrected chi connectivity index (χ4v) is 1.10. The standard InChI is InChI=1S/C11H21NO2/c1-7-8-12(9(2)3)10(13)11(4,5)14-6/h7,9H,1,8H2,2-6H3. The summed E-state index contributed by atoms with van der Waals surface area (Å²) < 4.78 is 5.15. The Hall–Kier alpha value is -0.830. The van der Waals surface area contributed by atoms with Crippen LogP contribution in [0.15, 0.2) is 12.7 Å². The van der Waals surface area contributed by atoms with Crippen molar-refractivity contribution in [3.8, 4) is 0 Å². The van der Waals surface area contributed by atoms with Gasteiger partial charge in [0, 0.05) is 19.7 Å². The summed E-state index contributed by atoms with van der Waals surface area (Å²) >= 11 is 0. The van der Waals surface area contributed by atoms with Crippen LogP contribution in [0.4, 0.5) is 0 Å². The van der Waals surface area contributed by atoms with Gasteiger partial charge in [-0.25, -0.2) is 0 Å². The van der Waals surface area contributed by atoms with Crippen molar-refractivity contribution in [1.82, 2.24) is 4.90 Å². The van der Waals surface area contributed by atoms with Gasteiger partial charge in [0.25, 0.3) is 5.91 Å². The number of methoxy groups -OCH3 is 1. The summed E-state index contributed by atoms with van der Waals surface area (Å²) in [6, 6.07) is 0.162. The summed E-state index contributed by atoms with van der Waals surface area (Å²) in [7, 11) is 1.55. The van der Waals surface area contributed by atoms with Gasteiger partial charge < -0.3 is 9.64 Å². The number of carbonyl (C=O) groups is 1. The van der Waals surface area contributed by atoms with Crippen molar-refractivity contribution in [2.75, 3.05) is 13.7 Å². The first kappa shape index (κ1) is 13.2. The van der Waals surface area contributed by atoms with Crippen molar-refractivity contribution in [3.63, 3.8) is 0 Å². The van der Waals surface area contributed by atoms with E-state index in [2.05, 4.69) is 6.58 Å². The number of amides is 1. The zero-order chi connectivity index (χ0) is 11.4. The SMILES string of the molecule is C=CCN(C(=O)C(C)(C)OC)C(C)C. The van der Waals surface area contributed by atoms with Gasteiger partial charge in [-0.1, -0.05) is 6.08 Å². The average Bonchev–Trinajstić information content (AvgIpc) is 2.12. The molecule has 0 aromatic carbocycles. The van der Waals surface area contributed by atoms with E-state index in [1.807, 2.05) is 13.8 Å². The maximum atomic E-state index is 12.0. The maximum Gasteiger partial charge on any atom is 0.254 e. The third-order valence-electron chi connectivity index (χ3n) is 2.24. The van der Waals surface area contributed by atoms with Crippen molar-refractivity contribution in [2.24, 2.45) is 0 Å². The van der Waals surface area contributed by atoms with Crippen LogP contribution in [0.1, 0.15) is 27.7 Å². The molecule has 0 bridgehead atoms. The van der Waals surface area contributed by atoms with E-state index in [1.54, 1.807) is 31.9 Å². The highest BCUT2D eigenvalue weighted by Gasteiger charge is 2.32. The highest BCUT2D eigenvalue weighted by atomic mass is 16.5. The van der Waals surface area contributed by atoms with Crippen LogP contribution in [0.5, 0.6) is 0 Å². The normalized spacial score (nSPS) is 11.6. The highest BCUT2D eigenvalue weighted by Crippen LogP contribution is 2.14. The van der Waals surface area contributed by atoms with Crippen LogP contribution in [0.25, 0.3) is 0 Å². The van der Waals surface area contributed by atoms with E-state index in [0.717, 1.165) is 0 Å². The summed E-state index contributed by atoms with van der Waals surface area (Å²) in [5.41, 5.74) is -0.757. The first-order valence-electron chi connectivity index (χ1n) is 4.84. The minimum Gasteiger partial charge on any atom is -0.369 e. The lowest BCUT2D eigenvalue weighted by molar-refractivity contribution is -0.152. The Morgan fingerprint density at radius 2 is 2.07 bits per heavy atom. The molecule has 0 N–H and O–H groups in total. The van der Waals surface area contributed by atoms with Gasteiger partial charge in [0.15, 0.2) is 0 Å². The molecule has 0 rings (SSSR count). The van der Waals surface area contributed by atoms with E-state index >= 15 is 0 Å². The summed E-state index contributed by atoms with van der Waals surface area (Å²) in [5.74, 6) is -0.00472. The molecule has 0 unspecified atom stereocenters. The molecule has 0 aliphatic heterocycles. The van der Waals surface area contributed by atoms with E-state index in [0.29, 0.717) is 6.54 Å². The number of hydrogen-bond donors (Lipinski definition) is 0. The maximum absolute atomic E-state index is 12.0. The largest absolute Gasteiger partial charge is 0.369 e. The van der Waals surface area contributed by atoms with Gasteiger partial charge in [-0.15, -0.1) is 6.58 Å². The van der Waals surface area contributed by atoms with Crippen LogP contribution in [0.3, 0.4) is 0 Å². The molecule has 1 amide bonds. The minimum absolute atomic E-state index is 0.00472. The van der Waals surface area contributed by atoms with Crippen LogP contribution in [0.2, 0.25) is 0 Å². The molecule has 0 aromatic heterocycles. The molecule has 0 saturated heterocycles. The zero-order valence-corrected chi connectivity index (χ0v) is 9.83. The Morgan fingerprint density at radius 1 is 1.57 bits per heavy atom.